The van der Waals surface area contributed by atoms with E-state index >= 15 is 0 Å². The van der Waals surface area contributed by atoms with Gasteiger partial charge in [0.15, 0.2) is 0 Å². The van der Waals surface area contributed by atoms with Gasteiger partial charge in [-0.05, 0) is 22.6 Å². The Balaban J connectivity index is 0.919. The predicted octanol–water partition coefficient (Wildman–Crippen LogP) is 12.5. The molecule has 0 atom stereocenters. The first-order valence-corrected chi connectivity index (χ1v) is 23.4. The van der Waals surface area contributed by atoms with Gasteiger partial charge in [0.05, 0.1) is 11.2 Å². The molecule has 0 fully saturated rings. The van der Waals surface area contributed by atoms with Crippen molar-refractivity contribution in [3.63, 3.8) is 0 Å². The molecule has 0 bridgehead atoms. The summed E-state index contributed by atoms with van der Waals surface area (Å²) in [6.45, 7) is 0. The van der Waals surface area contributed by atoms with E-state index in [1.54, 1.807) is 0 Å². The Kier molecular flexibility index (Phi) is 10.2. The molecule has 1 N–H and O–H groups in total. The quantitative estimate of drug-likeness (QED) is 0.116. The van der Waals surface area contributed by atoms with Crippen LogP contribution in [0.4, 0.5) is 0 Å². The topological polar surface area (TPSA) is 71.8 Å². The first-order valence-electron chi connectivity index (χ1n) is 21.4. The maximum absolute atomic E-state index is 12.6. The minimum atomic E-state index is -3.27. The van der Waals surface area contributed by atoms with Gasteiger partial charge in [-0.25, -0.2) is 4.98 Å². The zero-order valence-corrected chi connectivity index (χ0v) is 35.8. The van der Waals surface area contributed by atoms with E-state index in [-0.39, 0.29) is 0 Å². The van der Waals surface area contributed by atoms with Crippen LogP contribution in [0.2, 0.25) is 0 Å². The molecule has 0 aliphatic heterocycles. The van der Waals surface area contributed by atoms with Crippen LogP contribution in [0.25, 0.3) is 89.4 Å². The first-order chi connectivity index (χ1) is 31.6. The van der Waals surface area contributed by atoms with E-state index in [0.29, 0.717) is 17.5 Å². The molecule has 0 radical (unpaired) electrons. The number of pyridine rings is 1. The number of aromatic nitrogens is 4. The Morgan fingerprint density at radius 3 is 1.20 bits per heavy atom. The van der Waals surface area contributed by atoms with Crippen molar-refractivity contribution < 1.29 is 4.89 Å². The number of hydrogen-bond donors (Lipinski definition) is 1. The van der Waals surface area contributed by atoms with Crippen LogP contribution in [0, 0.1) is 0 Å². The van der Waals surface area contributed by atoms with Crippen LogP contribution >= 0.6 is 7.49 Å². The Bertz CT molecular complexity index is 3360. The fraction of sp³-hybridized carbons (Fsp3) is 0. The second kappa shape index (κ2) is 16.7. The molecule has 0 saturated heterocycles. The van der Waals surface area contributed by atoms with Crippen molar-refractivity contribution in [2.24, 2.45) is 0 Å². The Labute approximate surface area is 372 Å². The minimum absolute atomic E-state index is 0.562. The van der Waals surface area contributed by atoms with Crippen LogP contribution < -0.4 is 15.9 Å². The molecule has 9 aromatic carbocycles. The van der Waals surface area contributed by atoms with Gasteiger partial charge in [-0.1, -0.05) is 91.0 Å². The summed E-state index contributed by atoms with van der Waals surface area (Å²) in [7, 11) is -3.27. The predicted molar refractivity (Wildman–Crippen MR) is 268 cm³/mol. The fourth-order valence-electron chi connectivity index (χ4n) is 8.78. The number of fused-ring (bicyclic) bond motifs is 3. The van der Waals surface area contributed by atoms with Crippen LogP contribution in [0.5, 0.6) is 0 Å². The summed E-state index contributed by atoms with van der Waals surface area (Å²) >= 11 is 0. The zero-order valence-electron chi connectivity index (χ0n) is 34.8. The molecule has 2 heterocycles. The van der Waals surface area contributed by atoms with Crippen LogP contribution in [-0.2, 0) is 0 Å². The van der Waals surface area contributed by atoms with Crippen LogP contribution in [0.15, 0.2) is 237 Å². The van der Waals surface area contributed by atoms with Crippen LogP contribution in [0.1, 0.15) is 0 Å². The average molecular weight is 841 g/mol. The molecule has 0 unspecified atom stereocenters. The van der Waals surface area contributed by atoms with Crippen molar-refractivity contribution in [3.05, 3.63) is 237 Å². The number of hydrogen-bond acceptors (Lipinski definition) is 5. The zero-order chi connectivity index (χ0) is 42.9. The summed E-state index contributed by atoms with van der Waals surface area (Å²) in [6.07, 6.45) is 0. The van der Waals surface area contributed by atoms with Crippen molar-refractivity contribution in [1.82, 2.24) is 19.9 Å². The van der Waals surface area contributed by atoms with Gasteiger partial charge in [0, 0.05) is 16.3 Å². The van der Waals surface area contributed by atoms with Crippen molar-refractivity contribution in [1.29, 1.82) is 0 Å². The van der Waals surface area contributed by atoms with Crippen molar-refractivity contribution in [2.45, 2.75) is 0 Å². The fourth-order valence-corrected chi connectivity index (χ4v) is 11.8. The van der Waals surface area contributed by atoms with E-state index < -0.39 is 7.49 Å². The Morgan fingerprint density at radius 1 is 0.281 bits per heavy atom. The number of benzene rings is 9. The van der Waals surface area contributed by atoms with E-state index in [9.17, 15) is 4.89 Å². The van der Waals surface area contributed by atoms with E-state index in [1.807, 2.05) is 121 Å². The molecular weight excluding hydrogens is 800 g/mol. The standard InChI is InChI=1S/C58H41N4OP/c63-64(47-20-9-3-10-21-47,48-22-11-4-12-23-48)49-38-36-46(37-39-49)58-61-56(44-18-7-2-8-19-44)60-57(62-58)45-34-30-41(31-35-45)40-28-32-42(33-29-40)50-26-15-27-53-54(50)51-24-13-14-25-52(51)55(59-53)43-16-5-1-6-17-43/h1-39,63-64H. The summed E-state index contributed by atoms with van der Waals surface area (Å²) in [5, 5.41) is 6.22. The summed E-state index contributed by atoms with van der Waals surface area (Å²) in [5.41, 5.74) is 10.2. The average Bonchev–Trinajstić information content (AvgIpc) is 3.39. The summed E-state index contributed by atoms with van der Waals surface area (Å²) in [4.78, 5) is 32.8. The molecule has 5 nitrogen and oxygen atoms in total. The van der Waals surface area contributed by atoms with E-state index in [2.05, 4.69) is 115 Å². The molecule has 0 spiro atoms. The van der Waals surface area contributed by atoms with Gasteiger partial charge in [-0.3, -0.25) is 0 Å². The molecule has 11 aromatic rings. The molecule has 304 valence electrons. The molecule has 64 heavy (non-hydrogen) atoms. The van der Waals surface area contributed by atoms with Gasteiger partial charge < -0.3 is 0 Å². The van der Waals surface area contributed by atoms with E-state index in [1.165, 1.54) is 5.39 Å². The second-order valence-electron chi connectivity index (χ2n) is 15.9. The summed E-state index contributed by atoms with van der Waals surface area (Å²) < 4.78 is 0. The molecule has 6 heteroatoms. The van der Waals surface area contributed by atoms with E-state index in [4.69, 9.17) is 19.9 Å². The van der Waals surface area contributed by atoms with Gasteiger partial charge in [0.25, 0.3) is 0 Å². The van der Waals surface area contributed by atoms with Crippen LogP contribution in [-0.4, -0.2) is 24.8 Å². The molecule has 0 saturated carbocycles. The third-order valence-electron chi connectivity index (χ3n) is 12.1. The molecule has 2 aromatic heterocycles. The van der Waals surface area contributed by atoms with Gasteiger partial charge in [-0.15, -0.1) is 0 Å². The molecular formula is C58H41N4OP. The van der Waals surface area contributed by atoms with E-state index in [0.717, 1.165) is 82.4 Å². The molecule has 0 aliphatic rings. The van der Waals surface area contributed by atoms with Gasteiger partial charge in [0.1, 0.15) is 0 Å². The normalized spacial score (nSPS) is 11.8. The molecule has 0 aliphatic carbocycles. The summed E-state index contributed by atoms with van der Waals surface area (Å²) in [5.74, 6) is 1.74. The number of rotatable bonds is 9. The van der Waals surface area contributed by atoms with Crippen molar-refractivity contribution in [3.8, 4) is 67.7 Å². The first kappa shape index (κ1) is 38.9. The Hall–Kier alpha value is -7.95. The van der Waals surface area contributed by atoms with Crippen molar-refractivity contribution >= 4 is 45.1 Å². The third kappa shape index (κ3) is 7.23. The van der Waals surface area contributed by atoms with Crippen molar-refractivity contribution in [2.75, 3.05) is 0 Å². The monoisotopic (exact) mass is 840 g/mol. The summed E-state index contributed by atoms with van der Waals surface area (Å²) in [6, 6.07) is 80.7. The molecule has 0 amide bonds. The number of nitrogens with zero attached hydrogens (tertiary/aromatic N) is 4. The maximum atomic E-state index is 12.6. The van der Waals surface area contributed by atoms with Crippen LogP contribution in [0.3, 0.4) is 0 Å². The second-order valence-corrected chi connectivity index (χ2v) is 19.1. The Morgan fingerprint density at radius 2 is 0.672 bits per heavy atom. The molecule has 11 rings (SSSR count). The van der Waals surface area contributed by atoms with Gasteiger partial charge >= 0.3 is 228 Å². The van der Waals surface area contributed by atoms with Gasteiger partial charge in [-0.2, -0.15) is 0 Å². The van der Waals surface area contributed by atoms with Gasteiger partial charge in [0.2, 0.25) is 0 Å². The SMILES string of the molecule is O[PH](c1ccccc1)(c1ccccc1)c1ccc(-c2nc(-c3ccccc3)nc(-c3ccc(-c4ccc(-c5cccc6nc(-c7ccccc7)c7ccccc7c56)cc4)cc3)n2)cc1. The third-order valence-corrected chi connectivity index (χ3v) is 15.6.